The van der Waals surface area contributed by atoms with Crippen LogP contribution in [0.4, 0.5) is 0 Å². The maximum absolute atomic E-state index is 11.2. The monoisotopic (exact) mass is 225 g/mol. The van der Waals surface area contributed by atoms with Gasteiger partial charge in [0.25, 0.3) is 0 Å². The summed E-state index contributed by atoms with van der Waals surface area (Å²) in [5.74, 6) is 0.0309. The van der Waals surface area contributed by atoms with E-state index in [0.717, 1.165) is 0 Å². The normalized spacial score (nSPS) is 11.9. The molecular formula is C11H15NO4. The maximum atomic E-state index is 11.2. The molecule has 1 atom stereocenters. The maximum Gasteiger partial charge on any atom is 0.322 e. The van der Waals surface area contributed by atoms with Crippen molar-refractivity contribution >= 4 is 5.97 Å². The van der Waals surface area contributed by atoms with E-state index in [1.54, 1.807) is 12.1 Å². The number of benzene rings is 1. The number of ether oxygens (including phenoxy) is 2. The highest BCUT2D eigenvalue weighted by Gasteiger charge is 2.18. The van der Waals surface area contributed by atoms with Crippen molar-refractivity contribution in [2.75, 3.05) is 14.2 Å². The summed E-state index contributed by atoms with van der Waals surface area (Å²) >= 11 is 0. The van der Waals surface area contributed by atoms with Crippen LogP contribution in [0.5, 0.6) is 11.5 Å². The van der Waals surface area contributed by atoms with Crippen LogP contribution in [0.25, 0.3) is 0 Å². The first-order valence-corrected chi connectivity index (χ1v) is 4.78. The van der Waals surface area contributed by atoms with Crippen LogP contribution in [0, 0.1) is 0 Å². The van der Waals surface area contributed by atoms with E-state index in [9.17, 15) is 9.90 Å². The van der Waals surface area contributed by atoms with E-state index in [-0.39, 0.29) is 12.2 Å². The number of carbonyl (C=O) groups is 1. The number of phenols is 1. The second kappa shape index (κ2) is 5.37. The topological polar surface area (TPSA) is 81.8 Å². The number of carbonyl (C=O) groups excluding carboxylic acids is 1. The Labute approximate surface area is 93.8 Å². The third kappa shape index (κ3) is 2.64. The van der Waals surface area contributed by atoms with Gasteiger partial charge in [0.05, 0.1) is 14.2 Å². The molecule has 5 nitrogen and oxygen atoms in total. The minimum atomic E-state index is -0.813. The fourth-order valence-electron chi connectivity index (χ4n) is 1.41. The molecule has 0 saturated heterocycles. The summed E-state index contributed by atoms with van der Waals surface area (Å²) in [7, 11) is 2.76. The number of nitrogens with two attached hydrogens (primary N) is 1. The Morgan fingerprint density at radius 3 is 2.75 bits per heavy atom. The zero-order chi connectivity index (χ0) is 12.1. The molecule has 1 unspecified atom stereocenters. The van der Waals surface area contributed by atoms with E-state index < -0.39 is 12.0 Å². The minimum absolute atomic E-state index is 0.0544. The van der Waals surface area contributed by atoms with Crippen molar-refractivity contribution in [3.63, 3.8) is 0 Å². The van der Waals surface area contributed by atoms with Gasteiger partial charge in [-0.25, -0.2) is 0 Å². The van der Waals surface area contributed by atoms with Crippen LogP contribution in [0.15, 0.2) is 18.2 Å². The molecule has 0 aromatic heterocycles. The van der Waals surface area contributed by atoms with Gasteiger partial charge in [-0.1, -0.05) is 6.07 Å². The molecular weight excluding hydrogens is 210 g/mol. The minimum Gasteiger partial charge on any atom is -0.508 e. The van der Waals surface area contributed by atoms with Crippen LogP contribution >= 0.6 is 0 Å². The van der Waals surface area contributed by atoms with Gasteiger partial charge in [0, 0.05) is 12.0 Å². The van der Waals surface area contributed by atoms with E-state index >= 15 is 0 Å². The molecule has 0 saturated carbocycles. The largest absolute Gasteiger partial charge is 0.508 e. The molecule has 0 amide bonds. The van der Waals surface area contributed by atoms with E-state index in [2.05, 4.69) is 4.74 Å². The lowest BCUT2D eigenvalue weighted by Crippen LogP contribution is -2.33. The quantitative estimate of drug-likeness (QED) is 0.727. The van der Waals surface area contributed by atoms with Gasteiger partial charge >= 0.3 is 5.97 Å². The summed E-state index contributed by atoms with van der Waals surface area (Å²) in [6.45, 7) is 0. The zero-order valence-corrected chi connectivity index (χ0v) is 9.27. The predicted octanol–water partition coefficient (Wildman–Crippen LogP) is 0.444. The Morgan fingerprint density at radius 2 is 2.19 bits per heavy atom. The van der Waals surface area contributed by atoms with Crippen LogP contribution in [-0.4, -0.2) is 31.3 Å². The summed E-state index contributed by atoms with van der Waals surface area (Å²) in [6.07, 6.45) is 0.169. The molecule has 5 heteroatoms. The van der Waals surface area contributed by atoms with Crippen molar-refractivity contribution in [3.05, 3.63) is 23.8 Å². The molecule has 1 rings (SSSR count). The lowest BCUT2D eigenvalue weighted by molar-refractivity contribution is -0.142. The number of hydrogen-bond donors (Lipinski definition) is 2. The van der Waals surface area contributed by atoms with Gasteiger partial charge < -0.3 is 20.3 Å². The molecule has 0 radical (unpaired) electrons. The van der Waals surface area contributed by atoms with Crippen LogP contribution in [0.1, 0.15) is 5.56 Å². The summed E-state index contributed by atoms with van der Waals surface area (Å²) in [5.41, 5.74) is 6.11. The van der Waals surface area contributed by atoms with Gasteiger partial charge in [0.1, 0.15) is 17.5 Å². The van der Waals surface area contributed by atoms with Crippen LogP contribution in [0.2, 0.25) is 0 Å². The van der Waals surface area contributed by atoms with E-state index in [0.29, 0.717) is 11.3 Å². The second-order valence-electron chi connectivity index (χ2n) is 3.29. The van der Waals surface area contributed by atoms with Crippen LogP contribution in [-0.2, 0) is 16.0 Å². The Morgan fingerprint density at radius 1 is 1.50 bits per heavy atom. The molecule has 0 heterocycles. The lowest BCUT2D eigenvalue weighted by atomic mass is 10.0. The van der Waals surface area contributed by atoms with E-state index in [1.165, 1.54) is 20.3 Å². The standard InChI is InChI=1S/C11H15NO4/c1-15-10-5-3-4-9(13)7(10)6-8(12)11(14)16-2/h3-5,8,13H,6,12H2,1-2H3. The summed E-state index contributed by atoms with van der Waals surface area (Å²) in [4.78, 5) is 11.2. The third-order valence-corrected chi connectivity index (χ3v) is 2.26. The molecule has 0 spiro atoms. The van der Waals surface area contributed by atoms with Gasteiger partial charge in [-0.05, 0) is 12.1 Å². The highest BCUT2D eigenvalue weighted by Crippen LogP contribution is 2.28. The van der Waals surface area contributed by atoms with E-state index in [4.69, 9.17) is 10.5 Å². The van der Waals surface area contributed by atoms with Gasteiger partial charge in [0.15, 0.2) is 0 Å². The highest BCUT2D eigenvalue weighted by atomic mass is 16.5. The fraction of sp³-hybridized carbons (Fsp3) is 0.364. The SMILES string of the molecule is COC(=O)C(N)Cc1c(O)cccc1OC. The van der Waals surface area contributed by atoms with Crippen molar-refractivity contribution in [1.29, 1.82) is 0 Å². The average Bonchev–Trinajstić information content (AvgIpc) is 2.30. The zero-order valence-electron chi connectivity index (χ0n) is 9.27. The van der Waals surface area contributed by atoms with Crippen molar-refractivity contribution in [3.8, 4) is 11.5 Å². The Balaban J connectivity index is 2.91. The molecule has 0 aliphatic heterocycles. The second-order valence-corrected chi connectivity index (χ2v) is 3.29. The van der Waals surface area contributed by atoms with Crippen LogP contribution in [0.3, 0.4) is 0 Å². The number of esters is 1. The molecule has 0 fully saturated rings. The first-order valence-electron chi connectivity index (χ1n) is 4.78. The van der Waals surface area contributed by atoms with E-state index in [1.807, 2.05) is 0 Å². The number of rotatable bonds is 4. The number of methoxy groups -OCH3 is 2. The molecule has 0 aliphatic rings. The van der Waals surface area contributed by atoms with Crippen molar-refractivity contribution in [2.45, 2.75) is 12.5 Å². The lowest BCUT2D eigenvalue weighted by Gasteiger charge is -2.13. The van der Waals surface area contributed by atoms with Crippen LogP contribution < -0.4 is 10.5 Å². The fourth-order valence-corrected chi connectivity index (χ4v) is 1.41. The molecule has 0 bridgehead atoms. The Hall–Kier alpha value is -1.75. The van der Waals surface area contributed by atoms with Gasteiger partial charge in [0.2, 0.25) is 0 Å². The molecule has 3 N–H and O–H groups in total. The Kier molecular flexibility index (Phi) is 4.13. The molecule has 1 aromatic carbocycles. The van der Waals surface area contributed by atoms with Gasteiger partial charge in [-0.3, -0.25) is 4.79 Å². The smallest absolute Gasteiger partial charge is 0.322 e. The van der Waals surface area contributed by atoms with Crippen molar-refractivity contribution in [1.82, 2.24) is 0 Å². The molecule has 16 heavy (non-hydrogen) atoms. The highest BCUT2D eigenvalue weighted by molar-refractivity contribution is 5.76. The summed E-state index contributed by atoms with van der Waals surface area (Å²) in [5, 5.41) is 9.64. The number of hydrogen-bond acceptors (Lipinski definition) is 5. The molecule has 1 aromatic rings. The first kappa shape index (κ1) is 12.3. The van der Waals surface area contributed by atoms with Crippen molar-refractivity contribution in [2.24, 2.45) is 5.73 Å². The summed E-state index contributed by atoms with van der Waals surface area (Å²) in [6, 6.07) is 4.05. The number of aromatic hydroxyl groups is 1. The molecule has 0 aliphatic carbocycles. The average molecular weight is 225 g/mol. The first-order chi connectivity index (χ1) is 7.60. The molecule has 88 valence electrons. The number of phenolic OH excluding ortho intramolecular Hbond substituents is 1. The predicted molar refractivity (Wildman–Crippen MR) is 58.4 cm³/mol. The summed E-state index contributed by atoms with van der Waals surface area (Å²) < 4.78 is 9.58. The van der Waals surface area contributed by atoms with Gasteiger partial charge in [-0.15, -0.1) is 0 Å². The van der Waals surface area contributed by atoms with Gasteiger partial charge in [-0.2, -0.15) is 0 Å². The van der Waals surface area contributed by atoms with Crippen molar-refractivity contribution < 1.29 is 19.4 Å². The third-order valence-electron chi connectivity index (χ3n) is 2.26. The Bertz CT molecular complexity index is 378.